The molecule has 1 N–H and O–H groups in total. The molecule has 0 heterocycles. The zero-order valence-corrected chi connectivity index (χ0v) is 15.8. The van der Waals surface area contributed by atoms with Crippen molar-refractivity contribution in [3.8, 4) is 0 Å². The van der Waals surface area contributed by atoms with Crippen molar-refractivity contribution in [2.45, 2.75) is 57.8 Å². The second-order valence-corrected chi connectivity index (χ2v) is 11.9. The molecule has 1 fully saturated rings. The molecule has 0 saturated heterocycles. The van der Waals surface area contributed by atoms with Crippen molar-refractivity contribution >= 4 is 12.4 Å². The number of hydrogen-bond acceptors (Lipinski definition) is 1. The number of nitrogens with one attached hydrogen (secondary N) is 1. The highest BCUT2D eigenvalue weighted by molar-refractivity contribution is 7.74. The first-order valence-corrected chi connectivity index (χ1v) is 10.9. The van der Waals surface area contributed by atoms with Gasteiger partial charge in [-0.05, 0) is 52.8 Å². The summed E-state index contributed by atoms with van der Waals surface area (Å²) in [6.07, 6.45) is 11.7. The van der Waals surface area contributed by atoms with Crippen LogP contribution in [0.5, 0.6) is 0 Å². The van der Waals surface area contributed by atoms with Crippen molar-refractivity contribution in [1.29, 1.82) is 5.16 Å². The predicted octanol–water partition coefficient (Wildman–Crippen LogP) is 6.14. The highest BCUT2D eigenvalue weighted by Crippen LogP contribution is 2.57. The van der Waals surface area contributed by atoms with Crippen LogP contribution < -0.4 is 5.30 Å². The molecule has 0 aromatic heterocycles. The number of rotatable bonds is 4. The third-order valence-electron chi connectivity index (χ3n) is 5.90. The van der Waals surface area contributed by atoms with Crippen molar-refractivity contribution in [2.75, 3.05) is 0 Å². The van der Waals surface area contributed by atoms with Crippen LogP contribution in [0.1, 0.15) is 52.0 Å². The predicted molar refractivity (Wildman–Crippen MR) is 103 cm³/mol. The molecule has 1 aromatic carbocycles. The molecule has 23 heavy (non-hydrogen) atoms. The average molecular weight is 327 g/mol. The smallest absolute Gasteiger partial charge is 0.00150 e. The van der Waals surface area contributed by atoms with Crippen LogP contribution in [0.15, 0.2) is 48.6 Å². The molecule has 1 aromatic rings. The maximum atomic E-state index is 9.36. The molecule has 2 aliphatic rings. The molecule has 124 valence electrons. The maximum Gasteiger partial charge on any atom is 0.00150 e. The normalized spacial score (nSPS) is 27.0. The Hall–Kier alpha value is -1.07. The Morgan fingerprint density at radius 2 is 1.43 bits per heavy atom. The number of allylic oxidation sites excluding steroid dienone is 4. The van der Waals surface area contributed by atoms with E-state index in [1.165, 1.54) is 23.7 Å². The Kier molecular flexibility index (Phi) is 4.70. The molecule has 0 bridgehead atoms. The highest BCUT2D eigenvalue weighted by Gasteiger charge is 2.37. The van der Waals surface area contributed by atoms with Gasteiger partial charge in [-0.1, -0.05) is 76.3 Å². The summed E-state index contributed by atoms with van der Waals surface area (Å²) in [6.45, 7) is 8.99. The van der Waals surface area contributed by atoms with Gasteiger partial charge < -0.3 is 5.16 Å². The minimum Gasteiger partial charge on any atom is -0.313 e. The zero-order valence-electron chi connectivity index (χ0n) is 14.9. The molecule has 2 atom stereocenters. The Balaban J connectivity index is 2.01. The first-order valence-electron chi connectivity index (χ1n) is 9.02. The molecule has 2 heteroatoms. The second kappa shape index (κ2) is 6.44. The molecule has 2 unspecified atom stereocenters. The summed E-state index contributed by atoms with van der Waals surface area (Å²) in [5.74, 6) is 2.03. The molecular weight excluding hydrogens is 297 g/mol. The lowest BCUT2D eigenvalue weighted by Crippen LogP contribution is -2.23. The van der Waals surface area contributed by atoms with Crippen molar-refractivity contribution < 1.29 is 0 Å². The van der Waals surface area contributed by atoms with Crippen LogP contribution >= 0.6 is 7.05 Å². The third kappa shape index (κ3) is 2.89. The van der Waals surface area contributed by atoms with Gasteiger partial charge in [0.15, 0.2) is 0 Å². The van der Waals surface area contributed by atoms with Gasteiger partial charge in [-0.3, -0.25) is 0 Å². The van der Waals surface area contributed by atoms with E-state index in [9.17, 15) is 5.16 Å². The molecule has 3 rings (SSSR count). The van der Waals surface area contributed by atoms with E-state index in [0.29, 0.717) is 29.1 Å². The molecule has 0 amide bonds. The van der Waals surface area contributed by atoms with Gasteiger partial charge >= 0.3 is 0 Å². The van der Waals surface area contributed by atoms with E-state index < -0.39 is 7.05 Å². The molecule has 0 aliphatic heterocycles. The van der Waals surface area contributed by atoms with Crippen LogP contribution in [0.3, 0.4) is 0 Å². The van der Waals surface area contributed by atoms with Gasteiger partial charge in [-0.15, -0.1) is 0 Å². The summed E-state index contributed by atoms with van der Waals surface area (Å²) in [7, 11) is -1.88. The SMILES string of the molecule is CC(C)P(=N)(c1ccccc1C1CC2C=CC=CC2C1)C(C)C. The van der Waals surface area contributed by atoms with E-state index in [0.717, 1.165) is 0 Å². The minimum absolute atomic E-state index is 0.423. The Morgan fingerprint density at radius 3 is 1.96 bits per heavy atom. The number of fused-ring (bicyclic) bond motifs is 1. The standard InChI is InChI=1S/C21H30NP/c1-15(2)23(22,16(3)4)21-12-8-7-11-20(21)19-13-17-9-5-6-10-18(17)14-19/h5-12,15-19,22H,13-14H2,1-4H3. The summed E-state index contributed by atoms with van der Waals surface area (Å²) in [4.78, 5) is 0. The summed E-state index contributed by atoms with van der Waals surface area (Å²) in [5, 5.41) is 10.7. The summed E-state index contributed by atoms with van der Waals surface area (Å²) in [5.41, 5.74) is 2.33. The lowest BCUT2D eigenvalue weighted by molar-refractivity contribution is 0.552. The van der Waals surface area contributed by atoms with Crippen LogP contribution in [0.4, 0.5) is 0 Å². The van der Waals surface area contributed by atoms with Crippen LogP contribution in [0.2, 0.25) is 0 Å². The van der Waals surface area contributed by atoms with E-state index in [-0.39, 0.29) is 0 Å². The van der Waals surface area contributed by atoms with E-state index >= 15 is 0 Å². The van der Waals surface area contributed by atoms with Crippen LogP contribution in [-0.4, -0.2) is 11.3 Å². The van der Waals surface area contributed by atoms with E-state index in [4.69, 9.17) is 0 Å². The molecule has 2 aliphatic carbocycles. The molecule has 1 saturated carbocycles. The lowest BCUT2D eigenvalue weighted by atomic mass is 9.92. The molecule has 0 spiro atoms. The van der Waals surface area contributed by atoms with Gasteiger partial charge in [0.2, 0.25) is 0 Å². The van der Waals surface area contributed by atoms with Crippen molar-refractivity contribution in [3.05, 3.63) is 54.1 Å². The average Bonchev–Trinajstić information content (AvgIpc) is 2.97. The van der Waals surface area contributed by atoms with Gasteiger partial charge in [0, 0.05) is 7.05 Å². The van der Waals surface area contributed by atoms with Crippen LogP contribution in [-0.2, 0) is 0 Å². The van der Waals surface area contributed by atoms with Gasteiger partial charge in [-0.2, -0.15) is 0 Å². The van der Waals surface area contributed by atoms with Gasteiger partial charge in [-0.25, -0.2) is 0 Å². The maximum absolute atomic E-state index is 9.36. The largest absolute Gasteiger partial charge is 0.313 e. The summed E-state index contributed by atoms with van der Waals surface area (Å²) < 4.78 is 0. The Morgan fingerprint density at radius 1 is 0.913 bits per heavy atom. The minimum atomic E-state index is -1.88. The third-order valence-corrected chi connectivity index (χ3v) is 10.4. The Bertz CT molecular complexity index is 636. The fraction of sp³-hybridized carbons (Fsp3) is 0.524. The first-order chi connectivity index (χ1) is 10.9. The van der Waals surface area contributed by atoms with Crippen LogP contribution in [0.25, 0.3) is 0 Å². The number of benzene rings is 1. The fourth-order valence-corrected chi connectivity index (χ4v) is 7.86. The fourth-order valence-electron chi connectivity index (χ4n) is 4.54. The van der Waals surface area contributed by atoms with Gasteiger partial charge in [0.25, 0.3) is 0 Å². The summed E-state index contributed by atoms with van der Waals surface area (Å²) in [6, 6.07) is 8.91. The van der Waals surface area contributed by atoms with E-state index in [1.54, 1.807) is 0 Å². The van der Waals surface area contributed by atoms with Crippen molar-refractivity contribution in [2.24, 2.45) is 11.8 Å². The Labute approximate surface area is 141 Å². The second-order valence-electron chi connectivity index (χ2n) is 7.79. The van der Waals surface area contributed by atoms with Crippen molar-refractivity contribution in [3.63, 3.8) is 0 Å². The van der Waals surface area contributed by atoms with Crippen LogP contribution in [0, 0.1) is 17.0 Å². The molecule has 1 nitrogen and oxygen atoms in total. The monoisotopic (exact) mass is 327 g/mol. The zero-order chi connectivity index (χ0) is 16.6. The highest BCUT2D eigenvalue weighted by atomic mass is 31.2. The van der Waals surface area contributed by atoms with E-state index in [2.05, 4.69) is 76.3 Å². The molecule has 0 radical (unpaired) electrons. The van der Waals surface area contributed by atoms with Crippen molar-refractivity contribution in [1.82, 2.24) is 0 Å². The quantitative estimate of drug-likeness (QED) is 0.642. The number of hydrogen-bond donors (Lipinski definition) is 1. The molecular formula is C21H30NP. The lowest BCUT2D eigenvalue weighted by Gasteiger charge is -2.34. The summed E-state index contributed by atoms with van der Waals surface area (Å²) >= 11 is 0. The first kappa shape index (κ1) is 16.8. The topological polar surface area (TPSA) is 23.9 Å². The van der Waals surface area contributed by atoms with E-state index in [1.807, 2.05) is 0 Å². The van der Waals surface area contributed by atoms with Gasteiger partial charge in [0.05, 0.1) is 0 Å². The van der Waals surface area contributed by atoms with Gasteiger partial charge in [0.1, 0.15) is 0 Å².